The number of aromatic carboxylic acids is 1. The summed E-state index contributed by atoms with van der Waals surface area (Å²) >= 11 is 0. The molecule has 0 aromatic heterocycles. The molecular formula is C25H23NO3. The fourth-order valence-electron chi connectivity index (χ4n) is 3.22. The van der Waals surface area contributed by atoms with Crippen molar-refractivity contribution in [1.82, 2.24) is 0 Å². The summed E-state index contributed by atoms with van der Waals surface area (Å²) in [7, 11) is 0. The van der Waals surface area contributed by atoms with Crippen molar-refractivity contribution in [3.63, 3.8) is 0 Å². The molecule has 0 bridgehead atoms. The van der Waals surface area contributed by atoms with Gasteiger partial charge in [0.1, 0.15) is 11.9 Å². The number of rotatable bonds is 8. The third-order valence-electron chi connectivity index (χ3n) is 4.86. The molecule has 4 heteroatoms. The van der Waals surface area contributed by atoms with Gasteiger partial charge in [0, 0.05) is 0 Å². The van der Waals surface area contributed by atoms with Crippen molar-refractivity contribution in [2.45, 2.75) is 32.3 Å². The third kappa shape index (κ3) is 5.46. The number of nitrogens with zero attached hydrogens (tertiary/aromatic N) is 1. The van der Waals surface area contributed by atoms with Crippen LogP contribution in [0.1, 0.15) is 45.6 Å². The Labute approximate surface area is 171 Å². The highest BCUT2D eigenvalue weighted by Crippen LogP contribution is 2.28. The van der Waals surface area contributed by atoms with Crippen LogP contribution < -0.4 is 4.74 Å². The molecule has 0 aliphatic carbocycles. The Morgan fingerprint density at radius 1 is 1.00 bits per heavy atom. The van der Waals surface area contributed by atoms with Crippen molar-refractivity contribution in [2.24, 2.45) is 0 Å². The summed E-state index contributed by atoms with van der Waals surface area (Å²) in [6.45, 7) is 1.94. The molecule has 3 aromatic carbocycles. The molecule has 0 heterocycles. The van der Waals surface area contributed by atoms with E-state index >= 15 is 0 Å². The van der Waals surface area contributed by atoms with E-state index in [0.717, 1.165) is 35.3 Å². The van der Waals surface area contributed by atoms with Crippen LogP contribution in [0.2, 0.25) is 0 Å². The molecule has 0 aliphatic heterocycles. The van der Waals surface area contributed by atoms with E-state index in [1.807, 2.05) is 43.3 Å². The highest BCUT2D eigenvalue weighted by Gasteiger charge is 2.13. The lowest BCUT2D eigenvalue weighted by molar-refractivity contribution is 0.0696. The van der Waals surface area contributed by atoms with Crippen LogP contribution in [0.3, 0.4) is 0 Å². The molecule has 0 radical (unpaired) electrons. The van der Waals surface area contributed by atoms with Gasteiger partial charge in [-0.05, 0) is 60.2 Å². The number of carbonyl (C=O) groups is 1. The number of ether oxygens (including phenoxy) is 1. The Morgan fingerprint density at radius 2 is 1.72 bits per heavy atom. The van der Waals surface area contributed by atoms with Crippen LogP contribution in [0.4, 0.5) is 0 Å². The van der Waals surface area contributed by atoms with Gasteiger partial charge >= 0.3 is 5.97 Å². The van der Waals surface area contributed by atoms with Crippen molar-refractivity contribution in [2.75, 3.05) is 0 Å². The Bertz CT molecular complexity index is 1000. The Kier molecular flexibility index (Phi) is 6.65. The molecule has 29 heavy (non-hydrogen) atoms. The molecule has 0 spiro atoms. The zero-order valence-corrected chi connectivity index (χ0v) is 16.3. The molecular weight excluding hydrogens is 362 g/mol. The first-order valence-corrected chi connectivity index (χ1v) is 9.59. The highest BCUT2D eigenvalue weighted by atomic mass is 16.5. The van der Waals surface area contributed by atoms with E-state index in [2.05, 4.69) is 18.2 Å². The van der Waals surface area contributed by atoms with E-state index in [-0.39, 0.29) is 11.7 Å². The van der Waals surface area contributed by atoms with Gasteiger partial charge in [-0.2, -0.15) is 5.26 Å². The van der Waals surface area contributed by atoms with Crippen LogP contribution in [0.5, 0.6) is 5.75 Å². The van der Waals surface area contributed by atoms with E-state index in [9.17, 15) is 4.79 Å². The highest BCUT2D eigenvalue weighted by molar-refractivity contribution is 5.87. The van der Waals surface area contributed by atoms with Gasteiger partial charge in [0.2, 0.25) is 0 Å². The van der Waals surface area contributed by atoms with Crippen LogP contribution >= 0.6 is 0 Å². The maximum Gasteiger partial charge on any atom is 0.335 e. The smallest absolute Gasteiger partial charge is 0.335 e. The monoisotopic (exact) mass is 385 g/mol. The first-order chi connectivity index (χ1) is 14.1. The largest absolute Gasteiger partial charge is 0.486 e. The number of aryl methyl sites for hydroxylation is 2. The molecule has 0 amide bonds. The van der Waals surface area contributed by atoms with Crippen molar-refractivity contribution >= 4 is 5.97 Å². The van der Waals surface area contributed by atoms with Crippen molar-refractivity contribution in [3.05, 3.63) is 101 Å². The second kappa shape index (κ2) is 9.57. The summed E-state index contributed by atoms with van der Waals surface area (Å²) in [6, 6.07) is 25.1. The van der Waals surface area contributed by atoms with E-state index in [4.69, 9.17) is 15.1 Å². The molecule has 4 nitrogen and oxygen atoms in total. The quantitative estimate of drug-likeness (QED) is 0.565. The fraction of sp³-hybridized carbons (Fsp3) is 0.200. The number of nitriles is 1. The van der Waals surface area contributed by atoms with Crippen LogP contribution in [0.15, 0.2) is 72.8 Å². The first kappa shape index (κ1) is 20.2. The van der Waals surface area contributed by atoms with Gasteiger partial charge in [-0.1, -0.05) is 54.6 Å². The predicted molar refractivity (Wildman–Crippen MR) is 112 cm³/mol. The van der Waals surface area contributed by atoms with Crippen LogP contribution in [0, 0.1) is 11.3 Å². The van der Waals surface area contributed by atoms with Gasteiger partial charge < -0.3 is 9.84 Å². The molecule has 1 atom stereocenters. The molecule has 0 saturated carbocycles. The fourth-order valence-corrected chi connectivity index (χ4v) is 3.22. The summed E-state index contributed by atoms with van der Waals surface area (Å²) in [5, 5.41) is 18.1. The Hall–Kier alpha value is -3.58. The van der Waals surface area contributed by atoms with Crippen LogP contribution in [0.25, 0.3) is 0 Å². The van der Waals surface area contributed by atoms with Crippen molar-refractivity contribution in [3.8, 4) is 11.8 Å². The molecule has 3 rings (SSSR count). The lowest BCUT2D eigenvalue weighted by Gasteiger charge is -2.19. The molecule has 146 valence electrons. The Morgan fingerprint density at radius 3 is 2.38 bits per heavy atom. The Balaban J connectivity index is 1.79. The average Bonchev–Trinajstić information content (AvgIpc) is 2.74. The summed E-state index contributed by atoms with van der Waals surface area (Å²) in [5.41, 5.74) is 4.45. The second-order valence-electron chi connectivity index (χ2n) is 6.95. The number of benzene rings is 3. The maximum absolute atomic E-state index is 11.0. The van der Waals surface area contributed by atoms with Crippen LogP contribution in [-0.2, 0) is 19.3 Å². The molecule has 1 N–H and O–H groups in total. The predicted octanol–water partition coefficient (Wildman–Crippen LogP) is 5.38. The van der Waals surface area contributed by atoms with Gasteiger partial charge in [0.15, 0.2) is 0 Å². The molecule has 3 aromatic rings. The zero-order valence-electron chi connectivity index (χ0n) is 16.3. The molecule has 0 aliphatic rings. The van der Waals surface area contributed by atoms with Crippen LogP contribution in [-0.4, -0.2) is 11.1 Å². The van der Waals surface area contributed by atoms with Crippen molar-refractivity contribution < 1.29 is 14.6 Å². The maximum atomic E-state index is 11.0. The summed E-state index contributed by atoms with van der Waals surface area (Å²) in [6.07, 6.45) is 1.83. The van der Waals surface area contributed by atoms with Gasteiger partial charge in [-0.15, -0.1) is 0 Å². The summed E-state index contributed by atoms with van der Waals surface area (Å²) in [5.74, 6) is -0.154. The van der Waals surface area contributed by atoms with E-state index in [0.29, 0.717) is 6.42 Å². The van der Waals surface area contributed by atoms with Gasteiger partial charge in [0.05, 0.1) is 18.1 Å². The normalized spacial score (nSPS) is 11.4. The minimum absolute atomic E-state index is 0.227. The van der Waals surface area contributed by atoms with Gasteiger partial charge in [0.25, 0.3) is 0 Å². The van der Waals surface area contributed by atoms with E-state index < -0.39 is 5.97 Å². The number of hydrogen-bond donors (Lipinski definition) is 1. The third-order valence-corrected chi connectivity index (χ3v) is 4.86. The first-order valence-electron chi connectivity index (χ1n) is 9.59. The lowest BCUT2D eigenvalue weighted by Crippen LogP contribution is -2.07. The topological polar surface area (TPSA) is 70.3 Å². The summed E-state index contributed by atoms with van der Waals surface area (Å²) in [4.78, 5) is 11.0. The molecule has 0 saturated heterocycles. The second-order valence-corrected chi connectivity index (χ2v) is 6.95. The minimum Gasteiger partial charge on any atom is -0.486 e. The van der Waals surface area contributed by atoms with Gasteiger partial charge in [-0.25, -0.2) is 4.79 Å². The zero-order chi connectivity index (χ0) is 20.6. The summed E-state index contributed by atoms with van der Waals surface area (Å²) < 4.78 is 6.22. The number of carboxylic acids is 1. The number of carboxylic acid groups (broad SMARTS) is 1. The van der Waals surface area contributed by atoms with Gasteiger partial charge in [-0.3, -0.25) is 0 Å². The average molecular weight is 385 g/mol. The SMILES string of the molecule is CC(Oc1ccc(CC#N)cc1CCc1ccccc1)c1ccc(C(=O)O)cc1. The minimum atomic E-state index is -0.943. The standard InChI is InChI=1S/C25H23NO3/c1-18(21-10-12-22(13-11-21)25(27)28)29-24-14-8-20(15-16-26)17-23(24)9-7-19-5-3-2-4-6-19/h2-6,8,10-14,17-18H,7,9,15H2,1H3,(H,27,28). The molecule has 0 fully saturated rings. The lowest BCUT2D eigenvalue weighted by atomic mass is 10.0. The molecule has 1 unspecified atom stereocenters. The van der Waals surface area contributed by atoms with Crippen molar-refractivity contribution in [1.29, 1.82) is 5.26 Å². The van der Waals surface area contributed by atoms with E-state index in [1.54, 1.807) is 24.3 Å². The van der Waals surface area contributed by atoms with E-state index in [1.165, 1.54) is 5.56 Å². The number of hydrogen-bond acceptors (Lipinski definition) is 3.